The van der Waals surface area contributed by atoms with Gasteiger partial charge in [0.1, 0.15) is 0 Å². The first-order valence-electron chi connectivity index (χ1n) is 8.91. The highest BCUT2D eigenvalue weighted by atomic mass is 16.7. The Bertz CT molecular complexity index is 388. The summed E-state index contributed by atoms with van der Waals surface area (Å²) in [6, 6.07) is 0. The molecule has 128 valence electrons. The van der Waals surface area contributed by atoms with E-state index in [1.807, 2.05) is 0 Å². The van der Waals surface area contributed by atoms with E-state index in [0.717, 1.165) is 19.4 Å². The van der Waals surface area contributed by atoms with Gasteiger partial charge in [-0.3, -0.25) is 4.79 Å². The molecule has 0 spiro atoms. The summed E-state index contributed by atoms with van der Waals surface area (Å²) in [5.74, 6) is 0.601. The van der Waals surface area contributed by atoms with Crippen LogP contribution in [-0.4, -0.2) is 19.4 Å². The number of esters is 1. The van der Waals surface area contributed by atoms with Crippen LogP contribution in [0.1, 0.15) is 79.6 Å². The van der Waals surface area contributed by atoms with Crippen molar-refractivity contribution in [2.75, 3.05) is 13.4 Å². The zero-order valence-electron chi connectivity index (χ0n) is 15.2. The van der Waals surface area contributed by atoms with Gasteiger partial charge in [0.05, 0.1) is 12.0 Å². The highest BCUT2D eigenvalue weighted by Crippen LogP contribution is 2.68. The molecular formula is C19H34O3. The van der Waals surface area contributed by atoms with Crippen molar-refractivity contribution in [2.45, 2.75) is 79.6 Å². The molecule has 0 radical (unpaired) electrons. The van der Waals surface area contributed by atoms with Crippen LogP contribution in [0.25, 0.3) is 0 Å². The summed E-state index contributed by atoms with van der Waals surface area (Å²) in [6.45, 7) is 11.8. The Hall–Kier alpha value is -0.570. The molecule has 1 unspecified atom stereocenters. The minimum Gasteiger partial charge on any atom is -0.438 e. The largest absolute Gasteiger partial charge is 0.438 e. The first-order chi connectivity index (χ1) is 10.2. The minimum absolute atomic E-state index is 0.0563. The van der Waals surface area contributed by atoms with Gasteiger partial charge in [-0.15, -0.1) is 0 Å². The van der Waals surface area contributed by atoms with Gasteiger partial charge in [-0.2, -0.15) is 0 Å². The Morgan fingerprint density at radius 2 is 1.73 bits per heavy atom. The molecule has 2 aliphatic carbocycles. The summed E-state index contributed by atoms with van der Waals surface area (Å²) in [5.41, 5.74) is -0.115. The van der Waals surface area contributed by atoms with E-state index in [9.17, 15) is 4.79 Å². The second-order valence-corrected chi connectivity index (χ2v) is 9.30. The molecule has 2 rings (SSSR count). The van der Waals surface area contributed by atoms with Crippen molar-refractivity contribution in [1.29, 1.82) is 0 Å². The zero-order valence-corrected chi connectivity index (χ0v) is 15.2. The van der Waals surface area contributed by atoms with E-state index >= 15 is 0 Å². The van der Waals surface area contributed by atoms with Gasteiger partial charge in [0.15, 0.2) is 6.79 Å². The molecule has 2 saturated carbocycles. The second-order valence-electron chi connectivity index (χ2n) is 9.30. The fourth-order valence-corrected chi connectivity index (χ4v) is 4.14. The maximum Gasteiger partial charge on any atom is 0.314 e. The summed E-state index contributed by atoms with van der Waals surface area (Å²) >= 11 is 0. The van der Waals surface area contributed by atoms with E-state index in [1.165, 1.54) is 32.1 Å². The summed E-state index contributed by atoms with van der Waals surface area (Å²) in [7, 11) is 0. The van der Waals surface area contributed by atoms with Crippen molar-refractivity contribution in [3.8, 4) is 0 Å². The molecule has 0 aliphatic heterocycles. The number of carbonyl (C=O) groups is 1. The van der Waals surface area contributed by atoms with Crippen LogP contribution in [0.2, 0.25) is 0 Å². The van der Waals surface area contributed by atoms with E-state index in [4.69, 9.17) is 9.47 Å². The van der Waals surface area contributed by atoms with Crippen LogP contribution in [0.4, 0.5) is 0 Å². The molecule has 0 amide bonds. The smallest absolute Gasteiger partial charge is 0.314 e. The fourth-order valence-electron chi connectivity index (χ4n) is 4.14. The normalized spacial score (nSPS) is 28.4. The van der Waals surface area contributed by atoms with Crippen LogP contribution >= 0.6 is 0 Å². The third-order valence-electron chi connectivity index (χ3n) is 5.49. The van der Waals surface area contributed by atoms with Crippen LogP contribution in [0.15, 0.2) is 0 Å². The summed E-state index contributed by atoms with van der Waals surface area (Å²) < 4.78 is 11.1. The molecule has 3 heteroatoms. The molecule has 1 atom stereocenters. The maximum absolute atomic E-state index is 12.6. The highest BCUT2D eigenvalue weighted by molar-refractivity contribution is 5.81. The van der Waals surface area contributed by atoms with E-state index in [1.54, 1.807) is 0 Å². The van der Waals surface area contributed by atoms with Crippen LogP contribution in [0.5, 0.6) is 0 Å². The Morgan fingerprint density at radius 1 is 1.14 bits per heavy atom. The fraction of sp³-hybridized carbons (Fsp3) is 0.947. The zero-order chi connectivity index (χ0) is 16.4. The Morgan fingerprint density at radius 3 is 2.23 bits per heavy atom. The van der Waals surface area contributed by atoms with Crippen LogP contribution in [0, 0.1) is 22.2 Å². The molecule has 2 aliphatic rings. The van der Waals surface area contributed by atoms with Crippen molar-refractivity contribution in [3.05, 3.63) is 0 Å². The third kappa shape index (κ3) is 4.24. The van der Waals surface area contributed by atoms with Gasteiger partial charge in [-0.1, -0.05) is 53.9 Å². The average molecular weight is 310 g/mol. The predicted molar refractivity (Wildman–Crippen MR) is 88.4 cm³/mol. The lowest BCUT2D eigenvalue weighted by Gasteiger charge is -2.27. The number of carbonyl (C=O) groups excluding carboxylic acids is 1. The Kier molecular flexibility index (Phi) is 5.26. The molecule has 3 nitrogen and oxygen atoms in total. The number of hydrogen-bond acceptors (Lipinski definition) is 3. The average Bonchev–Trinajstić information content (AvgIpc) is 2.96. The van der Waals surface area contributed by atoms with Gasteiger partial charge in [0, 0.05) is 0 Å². The standard InChI is InChI=1S/C19H34O3/c1-17(2,3)12-19(13-18(19,4)5)16(20)22-14-21-11-15-9-7-6-8-10-15/h15H,6-14H2,1-5H3. The van der Waals surface area contributed by atoms with Crippen molar-refractivity contribution in [1.82, 2.24) is 0 Å². The third-order valence-corrected chi connectivity index (χ3v) is 5.49. The lowest BCUT2D eigenvalue weighted by atomic mass is 9.79. The van der Waals surface area contributed by atoms with E-state index < -0.39 is 0 Å². The maximum atomic E-state index is 12.6. The highest BCUT2D eigenvalue weighted by Gasteiger charge is 2.67. The minimum atomic E-state index is -0.306. The van der Waals surface area contributed by atoms with Crippen LogP contribution in [0.3, 0.4) is 0 Å². The lowest BCUT2D eigenvalue weighted by Crippen LogP contribution is -2.29. The summed E-state index contributed by atoms with van der Waals surface area (Å²) in [4.78, 5) is 12.6. The number of rotatable bonds is 6. The first-order valence-corrected chi connectivity index (χ1v) is 8.91. The van der Waals surface area contributed by atoms with Crippen molar-refractivity contribution in [3.63, 3.8) is 0 Å². The van der Waals surface area contributed by atoms with Gasteiger partial charge in [-0.25, -0.2) is 0 Å². The molecule has 0 bridgehead atoms. The molecule has 2 fully saturated rings. The second kappa shape index (κ2) is 6.51. The van der Waals surface area contributed by atoms with Gasteiger partial charge in [0.2, 0.25) is 0 Å². The van der Waals surface area contributed by atoms with E-state index in [2.05, 4.69) is 34.6 Å². The molecule has 0 aromatic carbocycles. The van der Waals surface area contributed by atoms with Gasteiger partial charge < -0.3 is 9.47 Å². The topological polar surface area (TPSA) is 35.5 Å². The van der Waals surface area contributed by atoms with Crippen molar-refractivity contribution in [2.24, 2.45) is 22.2 Å². The van der Waals surface area contributed by atoms with Gasteiger partial charge in [0.25, 0.3) is 0 Å². The molecule has 0 N–H and O–H groups in total. The lowest BCUT2D eigenvalue weighted by molar-refractivity contribution is -0.167. The monoisotopic (exact) mass is 310 g/mol. The van der Waals surface area contributed by atoms with E-state index in [0.29, 0.717) is 5.92 Å². The van der Waals surface area contributed by atoms with Crippen molar-refractivity contribution < 1.29 is 14.3 Å². The summed E-state index contributed by atoms with van der Waals surface area (Å²) in [5, 5.41) is 0. The Labute approximate surface area is 136 Å². The SMILES string of the molecule is CC(C)(C)CC1(C(=O)OCOCC2CCCCC2)CC1(C)C. The molecule has 0 aromatic rings. The summed E-state index contributed by atoms with van der Waals surface area (Å²) in [6.07, 6.45) is 8.32. The molecule has 0 heterocycles. The quantitative estimate of drug-likeness (QED) is 0.396. The number of ether oxygens (including phenoxy) is 2. The van der Waals surface area contributed by atoms with E-state index in [-0.39, 0.29) is 29.0 Å². The van der Waals surface area contributed by atoms with Crippen molar-refractivity contribution >= 4 is 5.97 Å². The molecule has 22 heavy (non-hydrogen) atoms. The number of hydrogen-bond donors (Lipinski definition) is 0. The van der Waals surface area contributed by atoms with Crippen LogP contribution < -0.4 is 0 Å². The molecule has 0 saturated heterocycles. The predicted octanol–water partition coefficient (Wildman–Crippen LogP) is 4.94. The Balaban J connectivity index is 1.75. The van der Waals surface area contributed by atoms with Crippen LogP contribution in [-0.2, 0) is 14.3 Å². The first kappa shape index (κ1) is 17.8. The molecule has 0 aromatic heterocycles. The van der Waals surface area contributed by atoms with Gasteiger partial charge >= 0.3 is 5.97 Å². The van der Waals surface area contributed by atoms with Gasteiger partial charge in [-0.05, 0) is 42.4 Å². The molecular weight excluding hydrogens is 276 g/mol.